The van der Waals surface area contributed by atoms with Crippen LogP contribution in [0.1, 0.15) is 43.5 Å². The number of carbonyl (C=O) groups is 1. The SMILES string of the molecule is CCCN(CC1CC1)C(=O)c1ccc(S(=O)(=O)NCC)cc1. The lowest BCUT2D eigenvalue weighted by atomic mass is 10.2. The van der Waals surface area contributed by atoms with Crippen molar-refractivity contribution in [1.29, 1.82) is 0 Å². The average molecular weight is 324 g/mol. The topological polar surface area (TPSA) is 66.5 Å². The molecule has 1 fully saturated rings. The Labute approximate surface area is 132 Å². The molecule has 0 aromatic heterocycles. The van der Waals surface area contributed by atoms with Gasteiger partial charge in [-0.05, 0) is 49.4 Å². The third kappa shape index (κ3) is 4.30. The summed E-state index contributed by atoms with van der Waals surface area (Å²) in [4.78, 5) is 14.6. The zero-order chi connectivity index (χ0) is 16.2. The molecular weight excluding hydrogens is 300 g/mol. The van der Waals surface area contributed by atoms with Crippen LogP contribution < -0.4 is 4.72 Å². The van der Waals surface area contributed by atoms with Gasteiger partial charge in [-0.15, -0.1) is 0 Å². The molecule has 0 saturated heterocycles. The number of benzene rings is 1. The van der Waals surface area contributed by atoms with Crippen LogP contribution in [0.5, 0.6) is 0 Å². The van der Waals surface area contributed by atoms with Gasteiger partial charge in [0.1, 0.15) is 0 Å². The molecule has 0 aliphatic heterocycles. The predicted octanol–water partition coefficient (Wildman–Crippen LogP) is 2.25. The fraction of sp³-hybridized carbons (Fsp3) is 0.562. The van der Waals surface area contributed by atoms with Crippen LogP contribution in [0.15, 0.2) is 29.2 Å². The smallest absolute Gasteiger partial charge is 0.253 e. The van der Waals surface area contributed by atoms with Gasteiger partial charge in [0.2, 0.25) is 10.0 Å². The Morgan fingerprint density at radius 2 is 1.86 bits per heavy atom. The first-order chi connectivity index (χ1) is 10.5. The highest BCUT2D eigenvalue weighted by molar-refractivity contribution is 7.89. The van der Waals surface area contributed by atoms with Crippen molar-refractivity contribution in [2.24, 2.45) is 5.92 Å². The van der Waals surface area contributed by atoms with Gasteiger partial charge in [-0.25, -0.2) is 13.1 Å². The van der Waals surface area contributed by atoms with Crippen molar-refractivity contribution >= 4 is 15.9 Å². The zero-order valence-corrected chi connectivity index (χ0v) is 14.0. The van der Waals surface area contributed by atoms with E-state index in [1.165, 1.54) is 25.0 Å². The number of hydrogen-bond acceptors (Lipinski definition) is 3. The number of amides is 1. The second-order valence-corrected chi connectivity index (χ2v) is 7.49. The lowest BCUT2D eigenvalue weighted by molar-refractivity contribution is 0.0747. The van der Waals surface area contributed by atoms with Crippen LogP contribution >= 0.6 is 0 Å². The van der Waals surface area contributed by atoms with E-state index in [1.807, 2.05) is 4.90 Å². The summed E-state index contributed by atoms with van der Waals surface area (Å²) >= 11 is 0. The lowest BCUT2D eigenvalue weighted by Crippen LogP contribution is -2.33. The van der Waals surface area contributed by atoms with Crippen LogP contribution in [0.2, 0.25) is 0 Å². The van der Waals surface area contributed by atoms with E-state index in [1.54, 1.807) is 19.1 Å². The van der Waals surface area contributed by atoms with Crippen molar-refractivity contribution < 1.29 is 13.2 Å². The first kappa shape index (κ1) is 17.0. The molecule has 6 heteroatoms. The number of sulfonamides is 1. The number of nitrogens with zero attached hydrogens (tertiary/aromatic N) is 1. The summed E-state index contributed by atoms with van der Waals surface area (Å²) in [7, 11) is -3.47. The monoisotopic (exact) mass is 324 g/mol. The summed E-state index contributed by atoms with van der Waals surface area (Å²) in [5.41, 5.74) is 0.546. The molecular formula is C16H24N2O3S. The average Bonchev–Trinajstić information content (AvgIpc) is 3.30. The predicted molar refractivity (Wildman–Crippen MR) is 86.2 cm³/mol. The van der Waals surface area contributed by atoms with Gasteiger partial charge in [0, 0.05) is 25.2 Å². The van der Waals surface area contributed by atoms with Crippen molar-refractivity contribution in [3.05, 3.63) is 29.8 Å². The number of nitrogens with one attached hydrogen (secondary N) is 1. The molecule has 1 amide bonds. The molecule has 0 atom stereocenters. The Bertz CT molecular complexity index is 607. The molecule has 1 aliphatic carbocycles. The minimum atomic E-state index is -3.47. The van der Waals surface area contributed by atoms with Gasteiger partial charge in [-0.1, -0.05) is 13.8 Å². The van der Waals surface area contributed by atoms with Crippen LogP contribution in [-0.4, -0.2) is 38.9 Å². The highest BCUT2D eigenvalue weighted by atomic mass is 32.2. The van der Waals surface area contributed by atoms with Crippen LogP contribution in [0.25, 0.3) is 0 Å². The van der Waals surface area contributed by atoms with E-state index in [0.717, 1.165) is 19.5 Å². The number of carbonyl (C=O) groups excluding carboxylic acids is 1. The van der Waals surface area contributed by atoms with Crippen LogP contribution in [0.4, 0.5) is 0 Å². The molecule has 0 bridgehead atoms. The Kier molecular flexibility index (Phi) is 5.58. The number of hydrogen-bond donors (Lipinski definition) is 1. The normalized spacial score (nSPS) is 14.8. The van der Waals surface area contributed by atoms with Gasteiger partial charge < -0.3 is 4.90 Å². The second-order valence-electron chi connectivity index (χ2n) is 5.72. The molecule has 1 saturated carbocycles. The Hall–Kier alpha value is -1.40. The zero-order valence-electron chi connectivity index (χ0n) is 13.2. The maximum Gasteiger partial charge on any atom is 0.253 e. The molecule has 2 rings (SSSR count). The van der Waals surface area contributed by atoms with Crippen molar-refractivity contribution in [3.8, 4) is 0 Å². The van der Waals surface area contributed by atoms with Gasteiger partial charge in [0.25, 0.3) is 5.91 Å². The third-order valence-electron chi connectivity index (χ3n) is 3.70. The molecule has 122 valence electrons. The maximum absolute atomic E-state index is 12.5. The molecule has 0 unspecified atom stereocenters. The lowest BCUT2D eigenvalue weighted by Gasteiger charge is -2.22. The molecule has 5 nitrogen and oxygen atoms in total. The largest absolute Gasteiger partial charge is 0.338 e. The molecule has 1 aromatic rings. The summed E-state index contributed by atoms with van der Waals surface area (Å²) in [5.74, 6) is 0.630. The van der Waals surface area contributed by atoms with Crippen molar-refractivity contribution in [1.82, 2.24) is 9.62 Å². The Morgan fingerprint density at radius 1 is 1.23 bits per heavy atom. The van der Waals surface area contributed by atoms with Gasteiger partial charge in [0.15, 0.2) is 0 Å². The summed E-state index contributed by atoms with van der Waals surface area (Å²) in [5, 5.41) is 0. The molecule has 0 spiro atoms. The van der Waals surface area contributed by atoms with Crippen molar-refractivity contribution in [2.45, 2.75) is 38.0 Å². The molecule has 1 N–H and O–H groups in total. The van der Waals surface area contributed by atoms with E-state index >= 15 is 0 Å². The first-order valence-electron chi connectivity index (χ1n) is 7.87. The standard InChI is InChI=1S/C16H24N2O3S/c1-3-11-18(12-13-5-6-13)16(19)14-7-9-15(10-8-14)22(20,21)17-4-2/h7-10,13,17H,3-6,11-12H2,1-2H3. The second kappa shape index (κ2) is 7.24. The summed E-state index contributed by atoms with van der Waals surface area (Å²) < 4.78 is 26.2. The van der Waals surface area contributed by atoms with Crippen molar-refractivity contribution in [3.63, 3.8) is 0 Å². The van der Waals surface area contributed by atoms with Gasteiger partial charge in [0.05, 0.1) is 4.90 Å². The molecule has 1 aliphatic rings. The maximum atomic E-state index is 12.5. The third-order valence-corrected chi connectivity index (χ3v) is 5.26. The molecule has 22 heavy (non-hydrogen) atoms. The van der Waals surface area contributed by atoms with E-state index < -0.39 is 10.0 Å². The first-order valence-corrected chi connectivity index (χ1v) is 9.35. The highest BCUT2D eigenvalue weighted by Gasteiger charge is 2.27. The van der Waals surface area contributed by atoms with Gasteiger partial charge >= 0.3 is 0 Å². The fourth-order valence-electron chi connectivity index (χ4n) is 2.39. The van der Waals surface area contributed by atoms with Gasteiger partial charge in [-0.3, -0.25) is 4.79 Å². The molecule has 1 aromatic carbocycles. The van der Waals surface area contributed by atoms with E-state index in [4.69, 9.17) is 0 Å². The van der Waals surface area contributed by atoms with E-state index in [2.05, 4.69) is 11.6 Å². The quantitative estimate of drug-likeness (QED) is 0.797. The van der Waals surface area contributed by atoms with Crippen LogP contribution in [0, 0.1) is 5.92 Å². The van der Waals surface area contributed by atoms with E-state index in [0.29, 0.717) is 18.0 Å². The number of rotatable bonds is 8. The Morgan fingerprint density at radius 3 is 2.36 bits per heavy atom. The summed E-state index contributed by atoms with van der Waals surface area (Å²) in [6.45, 7) is 5.68. The molecule has 0 heterocycles. The van der Waals surface area contributed by atoms with Gasteiger partial charge in [-0.2, -0.15) is 0 Å². The van der Waals surface area contributed by atoms with E-state index in [9.17, 15) is 13.2 Å². The van der Waals surface area contributed by atoms with E-state index in [-0.39, 0.29) is 10.8 Å². The highest BCUT2D eigenvalue weighted by Crippen LogP contribution is 2.30. The minimum absolute atomic E-state index is 0.0128. The molecule has 0 radical (unpaired) electrons. The summed E-state index contributed by atoms with van der Waals surface area (Å²) in [6.07, 6.45) is 3.33. The Balaban J connectivity index is 2.12. The fourth-order valence-corrected chi connectivity index (χ4v) is 3.43. The minimum Gasteiger partial charge on any atom is -0.338 e. The summed E-state index contributed by atoms with van der Waals surface area (Å²) in [6, 6.07) is 6.18. The van der Waals surface area contributed by atoms with Crippen LogP contribution in [-0.2, 0) is 10.0 Å². The van der Waals surface area contributed by atoms with Crippen molar-refractivity contribution in [2.75, 3.05) is 19.6 Å². The van der Waals surface area contributed by atoms with Crippen LogP contribution in [0.3, 0.4) is 0 Å².